The van der Waals surface area contributed by atoms with E-state index in [1.807, 2.05) is 0 Å². The molecule has 0 radical (unpaired) electrons. The van der Waals surface area contributed by atoms with Crippen molar-refractivity contribution in [3.8, 4) is 0 Å². The van der Waals surface area contributed by atoms with Gasteiger partial charge in [0.15, 0.2) is 0 Å². The molecule has 2 rings (SSSR count). The molecule has 3 nitrogen and oxygen atoms in total. The van der Waals surface area contributed by atoms with Crippen LogP contribution in [0.2, 0.25) is 0 Å². The Balaban J connectivity index is 0.000000771. The average molecular weight is 255 g/mol. The summed E-state index contributed by atoms with van der Waals surface area (Å²) < 4.78 is 0. The molecule has 0 amide bonds. The van der Waals surface area contributed by atoms with Gasteiger partial charge in [0.05, 0.1) is 0 Å². The molecule has 1 heterocycles. The van der Waals surface area contributed by atoms with Gasteiger partial charge in [-0.15, -0.1) is 0 Å². The van der Waals surface area contributed by atoms with Gasteiger partial charge in [0.1, 0.15) is 0 Å². The van der Waals surface area contributed by atoms with E-state index in [-0.39, 0.29) is 0 Å². The number of rotatable bonds is 4. The first-order valence-corrected chi connectivity index (χ1v) is 7.87. The van der Waals surface area contributed by atoms with Crippen molar-refractivity contribution in [2.45, 2.75) is 64.5 Å². The lowest BCUT2D eigenvalue weighted by Gasteiger charge is -2.40. The van der Waals surface area contributed by atoms with Crippen LogP contribution in [0.3, 0.4) is 0 Å². The fourth-order valence-corrected chi connectivity index (χ4v) is 3.41. The summed E-state index contributed by atoms with van der Waals surface area (Å²) in [6.07, 6.45) is 8.55. The Labute approximate surface area is 114 Å². The summed E-state index contributed by atoms with van der Waals surface area (Å²) in [6.45, 7) is 9.94. The Morgan fingerprint density at radius 1 is 1.06 bits per heavy atom. The van der Waals surface area contributed by atoms with Crippen molar-refractivity contribution < 1.29 is 0 Å². The Morgan fingerprint density at radius 3 is 2.11 bits per heavy atom. The smallest absolute Gasteiger partial charge is 0.0113 e. The Kier molecular flexibility index (Phi) is 7.87. The number of nitrogens with zero attached hydrogens (tertiary/aromatic N) is 2. The first kappa shape index (κ1) is 15.9. The lowest BCUT2D eigenvalue weighted by Crippen LogP contribution is -2.52. The van der Waals surface area contributed by atoms with Gasteiger partial charge in [0.25, 0.3) is 0 Å². The van der Waals surface area contributed by atoms with E-state index in [0.29, 0.717) is 0 Å². The average Bonchev–Trinajstić information content (AvgIpc) is 2.95. The Hall–Kier alpha value is -0.120. The van der Waals surface area contributed by atoms with Gasteiger partial charge in [0.2, 0.25) is 0 Å². The third-order valence-electron chi connectivity index (χ3n) is 4.52. The molecule has 0 aromatic rings. The van der Waals surface area contributed by atoms with E-state index in [0.717, 1.165) is 12.1 Å². The first-order valence-electron chi connectivity index (χ1n) is 7.87. The van der Waals surface area contributed by atoms with Gasteiger partial charge in [-0.05, 0) is 33.2 Å². The molecule has 1 unspecified atom stereocenters. The third kappa shape index (κ3) is 4.52. The summed E-state index contributed by atoms with van der Waals surface area (Å²) in [5.41, 5.74) is 4.50. The van der Waals surface area contributed by atoms with Crippen LogP contribution in [0, 0.1) is 0 Å². The maximum atomic E-state index is 4.50. The van der Waals surface area contributed by atoms with Crippen LogP contribution in [0.5, 0.6) is 0 Å². The van der Waals surface area contributed by atoms with E-state index >= 15 is 0 Å². The maximum Gasteiger partial charge on any atom is 0.0113 e. The molecule has 0 bridgehead atoms. The molecule has 18 heavy (non-hydrogen) atoms. The fourth-order valence-electron chi connectivity index (χ4n) is 3.41. The highest BCUT2D eigenvalue weighted by Gasteiger charge is 2.27. The normalized spacial score (nSPS) is 24.7. The summed E-state index contributed by atoms with van der Waals surface area (Å²) in [6, 6.07) is 1.74. The van der Waals surface area contributed by atoms with Crippen LogP contribution < -0.4 is 5.73 Å². The number of hydrogen-bond donors (Lipinski definition) is 1. The Bertz CT molecular complexity index is 194. The van der Waals surface area contributed by atoms with Gasteiger partial charge in [-0.2, -0.15) is 0 Å². The molecule has 1 aliphatic carbocycles. The molecule has 3 heteroatoms. The number of nitrogens with two attached hydrogens (primary N) is 1. The minimum atomic E-state index is 0.802. The third-order valence-corrected chi connectivity index (χ3v) is 4.52. The molecule has 1 saturated heterocycles. The molecule has 0 aromatic heterocycles. The van der Waals surface area contributed by atoms with Crippen LogP contribution in [0.1, 0.15) is 52.4 Å². The molecule has 0 spiro atoms. The van der Waals surface area contributed by atoms with Crippen LogP contribution >= 0.6 is 0 Å². The highest BCUT2D eigenvalue weighted by molar-refractivity contribution is 4.83. The second kappa shape index (κ2) is 8.89. The van der Waals surface area contributed by atoms with Crippen LogP contribution in [0.15, 0.2) is 0 Å². The molecular formula is C15H33N3. The molecule has 0 aromatic carbocycles. The monoisotopic (exact) mass is 255 g/mol. The summed E-state index contributed by atoms with van der Waals surface area (Å²) >= 11 is 0. The molecule has 108 valence electrons. The van der Waals surface area contributed by atoms with E-state index in [9.17, 15) is 0 Å². The van der Waals surface area contributed by atoms with E-state index < -0.39 is 0 Å². The molecule has 2 aliphatic rings. The summed E-state index contributed by atoms with van der Waals surface area (Å²) in [5.74, 6) is 0. The Morgan fingerprint density at radius 2 is 1.61 bits per heavy atom. The predicted molar refractivity (Wildman–Crippen MR) is 79.9 cm³/mol. The first-order chi connectivity index (χ1) is 8.81. The van der Waals surface area contributed by atoms with Crippen molar-refractivity contribution in [2.24, 2.45) is 5.73 Å². The summed E-state index contributed by atoms with van der Waals surface area (Å²) in [4.78, 5) is 5.44. The largest absolute Gasteiger partial charge is 0.333 e. The van der Waals surface area contributed by atoms with Crippen molar-refractivity contribution in [3.05, 3.63) is 0 Å². The van der Waals surface area contributed by atoms with Gasteiger partial charge in [-0.25, -0.2) is 0 Å². The van der Waals surface area contributed by atoms with Gasteiger partial charge in [0, 0.05) is 38.3 Å². The van der Waals surface area contributed by atoms with E-state index in [1.165, 1.54) is 71.8 Å². The number of hydrogen-bond acceptors (Lipinski definition) is 3. The van der Waals surface area contributed by atoms with E-state index in [1.54, 1.807) is 0 Å². The second-order valence-electron chi connectivity index (χ2n) is 5.65. The molecule has 1 atom stereocenters. The molecule has 1 aliphatic heterocycles. The van der Waals surface area contributed by atoms with Gasteiger partial charge < -0.3 is 5.73 Å². The maximum absolute atomic E-state index is 4.50. The standard InChI is InChI=1S/C14H28N2.CH5N/c1-3-6-13(2)15-9-11-16(12-10-15)14-7-4-5-8-14;1-2/h13-14H,3-12H2,1-2H3;2H2,1H3. The van der Waals surface area contributed by atoms with Crippen molar-refractivity contribution in [1.29, 1.82) is 0 Å². The molecule has 2 fully saturated rings. The van der Waals surface area contributed by atoms with Crippen molar-refractivity contribution in [2.75, 3.05) is 33.2 Å². The van der Waals surface area contributed by atoms with Gasteiger partial charge >= 0.3 is 0 Å². The quantitative estimate of drug-likeness (QED) is 0.837. The second-order valence-corrected chi connectivity index (χ2v) is 5.65. The highest BCUT2D eigenvalue weighted by atomic mass is 15.3. The number of piperazine rings is 1. The summed E-state index contributed by atoms with van der Waals surface area (Å²) in [7, 11) is 1.50. The molecule has 1 saturated carbocycles. The van der Waals surface area contributed by atoms with Crippen LogP contribution in [-0.4, -0.2) is 55.1 Å². The topological polar surface area (TPSA) is 32.5 Å². The minimum absolute atomic E-state index is 0.802. The van der Waals surface area contributed by atoms with Crippen LogP contribution in [0.4, 0.5) is 0 Å². The van der Waals surface area contributed by atoms with Crippen LogP contribution in [0.25, 0.3) is 0 Å². The van der Waals surface area contributed by atoms with Crippen LogP contribution in [-0.2, 0) is 0 Å². The van der Waals surface area contributed by atoms with Gasteiger partial charge in [-0.3, -0.25) is 9.80 Å². The lowest BCUT2D eigenvalue weighted by atomic mass is 10.1. The zero-order chi connectivity index (χ0) is 13.4. The highest BCUT2D eigenvalue weighted by Crippen LogP contribution is 2.24. The minimum Gasteiger partial charge on any atom is -0.333 e. The molecular weight excluding hydrogens is 222 g/mol. The van der Waals surface area contributed by atoms with Crippen molar-refractivity contribution in [3.63, 3.8) is 0 Å². The van der Waals surface area contributed by atoms with E-state index in [2.05, 4.69) is 29.4 Å². The molecule has 2 N–H and O–H groups in total. The van der Waals surface area contributed by atoms with Crippen molar-refractivity contribution in [1.82, 2.24) is 9.80 Å². The predicted octanol–water partition coefficient (Wildman–Crippen LogP) is 2.31. The van der Waals surface area contributed by atoms with Gasteiger partial charge in [-0.1, -0.05) is 26.2 Å². The summed E-state index contributed by atoms with van der Waals surface area (Å²) in [5, 5.41) is 0. The zero-order valence-corrected chi connectivity index (χ0v) is 12.7. The lowest BCUT2D eigenvalue weighted by molar-refractivity contribution is 0.0725. The SMILES string of the molecule is CCCC(C)N1CCN(C2CCCC2)CC1.CN. The zero-order valence-electron chi connectivity index (χ0n) is 12.7. The van der Waals surface area contributed by atoms with Crippen molar-refractivity contribution >= 4 is 0 Å². The van der Waals surface area contributed by atoms with E-state index in [4.69, 9.17) is 0 Å². The fraction of sp³-hybridized carbons (Fsp3) is 1.00.